The molecule has 1 aromatic rings. The molecule has 1 aliphatic heterocycles. The molecule has 0 aliphatic carbocycles. The van der Waals surface area contributed by atoms with Gasteiger partial charge in [0.1, 0.15) is 16.7 Å². The van der Waals surface area contributed by atoms with Crippen LogP contribution in [0.4, 0.5) is 13.2 Å². The molecule has 0 saturated heterocycles. The molecule has 26 heavy (non-hydrogen) atoms. The summed E-state index contributed by atoms with van der Waals surface area (Å²) in [5.41, 5.74) is 1.22. The molecular weight excluding hydrogens is 367 g/mol. The normalized spacial score (nSPS) is 21.0. The summed E-state index contributed by atoms with van der Waals surface area (Å²) in [6.07, 6.45) is -5.56. The van der Waals surface area contributed by atoms with E-state index >= 15 is 0 Å². The average Bonchev–Trinajstić information content (AvgIpc) is 2.50. The van der Waals surface area contributed by atoms with Crippen LogP contribution in [0.5, 0.6) is 5.75 Å². The molecule has 1 aliphatic rings. The molecule has 1 aromatic carbocycles. The molecule has 0 aromatic heterocycles. The Labute approximate surface area is 153 Å². The Balaban J connectivity index is 2.25. The van der Waals surface area contributed by atoms with Gasteiger partial charge in [-0.2, -0.15) is 13.2 Å². The Kier molecular flexibility index (Phi) is 5.97. The number of benzene rings is 1. The van der Waals surface area contributed by atoms with Gasteiger partial charge in [-0.25, -0.2) is 8.42 Å². The Bertz CT molecular complexity index is 745. The molecule has 8 heteroatoms. The van der Waals surface area contributed by atoms with Crippen LogP contribution in [0.25, 0.3) is 0 Å². The lowest BCUT2D eigenvalue weighted by molar-refractivity contribution is -0.135. The molecule has 2 atom stereocenters. The quantitative estimate of drug-likeness (QED) is 0.799. The first-order chi connectivity index (χ1) is 11.8. The van der Waals surface area contributed by atoms with Gasteiger partial charge < -0.3 is 4.74 Å². The van der Waals surface area contributed by atoms with Crippen LogP contribution in [0.1, 0.15) is 44.7 Å². The fraction of sp³-hybridized carbons (Fsp3) is 0.667. The van der Waals surface area contributed by atoms with Crippen LogP contribution >= 0.6 is 0 Å². The van der Waals surface area contributed by atoms with Gasteiger partial charge in [0.2, 0.25) is 0 Å². The summed E-state index contributed by atoms with van der Waals surface area (Å²) in [6.45, 7) is 7.01. The highest BCUT2D eigenvalue weighted by molar-refractivity contribution is 7.91. The number of halogens is 3. The Morgan fingerprint density at radius 1 is 1.35 bits per heavy atom. The summed E-state index contributed by atoms with van der Waals surface area (Å²) >= 11 is 0. The number of alkyl halides is 3. The van der Waals surface area contributed by atoms with Crippen molar-refractivity contribution in [3.63, 3.8) is 0 Å². The van der Waals surface area contributed by atoms with Crippen molar-refractivity contribution < 1.29 is 26.3 Å². The predicted octanol–water partition coefficient (Wildman–Crippen LogP) is 3.77. The van der Waals surface area contributed by atoms with E-state index in [2.05, 4.69) is 5.32 Å². The van der Waals surface area contributed by atoms with Gasteiger partial charge >= 0.3 is 6.18 Å². The number of ether oxygens (including phenoxy) is 1. The molecule has 1 heterocycles. The van der Waals surface area contributed by atoms with E-state index in [1.807, 2.05) is 39.0 Å². The van der Waals surface area contributed by atoms with Crippen molar-refractivity contribution in [3.05, 3.63) is 29.3 Å². The minimum atomic E-state index is -4.40. The van der Waals surface area contributed by atoms with E-state index in [9.17, 15) is 21.6 Å². The molecular formula is C18H26F3NO3S. The number of hydrogen-bond acceptors (Lipinski definition) is 4. The SMILES string of the molecule is CCS(=O)(=O)C(CCC(F)(F)F)NC1Cc2cc(C)ccc2OC1(C)C. The third-order valence-electron chi connectivity index (χ3n) is 4.77. The van der Waals surface area contributed by atoms with Crippen LogP contribution in [0.2, 0.25) is 0 Å². The van der Waals surface area contributed by atoms with Crippen LogP contribution in [0.3, 0.4) is 0 Å². The van der Waals surface area contributed by atoms with Gasteiger partial charge in [0.25, 0.3) is 0 Å². The van der Waals surface area contributed by atoms with Crippen molar-refractivity contribution in [2.45, 2.75) is 70.2 Å². The molecule has 0 spiro atoms. The minimum absolute atomic E-state index is 0.216. The van der Waals surface area contributed by atoms with Gasteiger partial charge in [0.15, 0.2) is 9.84 Å². The predicted molar refractivity (Wildman–Crippen MR) is 95.1 cm³/mol. The molecule has 0 bridgehead atoms. The third kappa shape index (κ3) is 5.13. The van der Waals surface area contributed by atoms with E-state index in [1.54, 1.807) is 0 Å². The van der Waals surface area contributed by atoms with E-state index in [0.717, 1.165) is 16.9 Å². The van der Waals surface area contributed by atoms with Crippen molar-refractivity contribution in [2.75, 3.05) is 5.75 Å². The van der Waals surface area contributed by atoms with E-state index in [0.29, 0.717) is 6.42 Å². The zero-order chi connectivity index (χ0) is 19.8. The largest absolute Gasteiger partial charge is 0.486 e. The van der Waals surface area contributed by atoms with Gasteiger partial charge in [-0.05, 0) is 45.2 Å². The molecule has 148 valence electrons. The lowest BCUT2D eigenvalue weighted by atomic mass is 9.88. The minimum Gasteiger partial charge on any atom is -0.486 e. The second-order valence-electron chi connectivity index (χ2n) is 7.33. The van der Waals surface area contributed by atoms with Gasteiger partial charge in [-0.1, -0.05) is 24.6 Å². The fourth-order valence-electron chi connectivity index (χ4n) is 3.13. The Hall–Kier alpha value is -1.28. The molecule has 2 rings (SSSR count). The smallest absolute Gasteiger partial charge is 0.389 e. The topological polar surface area (TPSA) is 55.4 Å². The van der Waals surface area contributed by atoms with Gasteiger partial charge in [0, 0.05) is 12.2 Å². The maximum Gasteiger partial charge on any atom is 0.389 e. The molecule has 0 radical (unpaired) electrons. The summed E-state index contributed by atoms with van der Waals surface area (Å²) in [7, 11) is -3.68. The standard InChI is InChI=1S/C18H26F3NO3S/c1-5-26(23,24)16(8-9-18(19,20)21)22-15-11-13-10-12(2)6-7-14(13)25-17(15,3)4/h6-7,10,15-16,22H,5,8-9,11H2,1-4H3. The molecule has 0 amide bonds. The third-order valence-corrected chi connectivity index (χ3v) is 6.81. The van der Waals surface area contributed by atoms with Gasteiger partial charge in [-0.15, -0.1) is 0 Å². The van der Waals surface area contributed by atoms with Crippen LogP contribution in [-0.2, 0) is 16.3 Å². The second kappa shape index (κ2) is 7.38. The Morgan fingerprint density at radius 2 is 2.00 bits per heavy atom. The van der Waals surface area contributed by atoms with Crippen molar-refractivity contribution in [2.24, 2.45) is 0 Å². The fourth-order valence-corrected chi connectivity index (χ4v) is 4.38. The molecule has 2 unspecified atom stereocenters. The number of rotatable bonds is 6. The van der Waals surface area contributed by atoms with E-state index in [-0.39, 0.29) is 5.75 Å². The summed E-state index contributed by atoms with van der Waals surface area (Å²) in [5.74, 6) is 0.510. The Morgan fingerprint density at radius 3 is 2.58 bits per heavy atom. The monoisotopic (exact) mass is 393 g/mol. The van der Waals surface area contributed by atoms with Crippen LogP contribution in [0.15, 0.2) is 18.2 Å². The maximum atomic E-state index is 12.6. The summed E-state index contributed by atoms with van der Waals surface area (Å²) < 4.78 is 68.6. The van der Waals surface area contributed by atoms with Crippen LogP contribution in [0, 0.1) is 6.92 Å². The second-order valence-corrected chi connectivity index (χ2v) is 9.81. The van der Waals surface area contributed by atoms with Crippen LogP contribution in [-0.4, -0.2) is 37.4 Å². The molecule has 0 fully saturated rings. The molecule has 4 nitrogen and oxygen atoms in total. The summed E-state index contributed by atoms with van der Waals surface area (Å²) in [6, 6.07) is 5.33. The van der Waals surface area contributed by atoms with E-state index < -0.39 is 45.9 Å². The number of nitrogens with one attached hydrogen (secondary N) is 1. The van der Waals surface area contributed by atoms with Crippen molar-refractivity contribution in [1.29, 1.82) is 0 Å². The summed E-state index contributed by atoms with van der Waals surface area (Å²) in [5, 5.41) is 1.70. The zero-order valence-corrected chi connectivity index (χ0v) is 16.3. The zero-order valence-electron chi connectivity index (χ0n) is 15.5. The highest BCUT2D eigenvalue weighted by Crippen LogP contribution is 2.34. The first-order valence-electron chi connectivity index (χ1n) is 8.67. The first-order valence-corrected chi connectivity index (χ1v) is 10.4. The number of fused-ring (bicyclic) bond motifs is 1. The van der Waals surface area contributed by atoms with Gasteiger partial charge in [0.05, 0.1) is 6.04 Å². The lowest BCUT2D eigenvalue weighted by Crippen LogP contribution is -2.58. The summed E-state index contributed by atoms with van der Waals surface area (Å²) in [4.78, 5) is 0. The highest BCUT2D eigenvalue weighted by Gasteiger charge is 2.41. The lowest BCUT2D eigenvalue weighted by Gasteiger charge is -2.42. The van der Waals surface area contributed by atoms with Crippen LogP contribution < -0.4 is 10.1 Å². The maximum absolute atomic E-state index is 12.6. The number of sulfone groups is 1. The van der Waals surface area contributed by atoms with E-state index in [4.69, 9.17) is 4.74 Å². The highest BCUT2D eigenvalue weighted by atomic mass is 32.2. The average molecular weight is 393 g/mol. The number of hydrogen-bond donors (Lipinski definition) is 1. The van der Waals surface area contributed by atoms with Crippen molar-refractivity contribution in [1.82, 2.24) is 5.32 Å². The van der Waals surface area contributed by atoms with E-state index in [1.165, 1.54) is 6.92 Å². The van der Waals surface area contributed by atoms with Gasteiger partial charge in [-0.3, -0.25) is 5.32 Å². The number of aryl methyl sites for hydroxylation is 1. The first kappa shape index (κ1) is 21.0. The van der Waals surface area contributed by atoms with Crippen molar-refractivity contribution >= 4 is 9.84 Å². The molecule has 0 saturated carbocycles. The molecule has 1 N–H and O–H groups in total. The van der Waals surface area contributed by atoms with Crippen molar-refractivity contribution in [3.8, 4) is 5.75 Å².